The maximum Gasteiger partial charge on any atom is 0.227 e. The van der Waals surface area contributed by atoms with E-state index in [0.29, 0.717) is 0 Å². The fraction of sp³-hybridized carbons (Fsp3) is 0.429. The van der Waals surface area contributed by atoms with Crippen LogP contribution in [-0.4, -0.2) is 21.5 Å². The summed E-state index contributed by atoms with van der Waals surface area (Å²) >= 11 is 1.63. The Morgan fingerprint density at radius 1 is 1.63 bits per heavy atom. The summed E-state index contributed by atoms with van der Waals surface area (Å²) in [5, 5.41) is 7.21. The highest BCUT2D eigenvalue weighted by Gasteiger charge is 2.23. The number of imidazole rings is 1. The van der Waals surface area contributed by atoms with Crippen molar-refractivity contribution in [3.63, 3.8) is 0 Å². The van der Waals surface area contributed by atoms with Crippen molar-refractivity contribution in [3.05, 3.63) is 40.6 Å². The van der Waals surface area contributed by atoms with E-state index >= 15 is 0 Å². The topological polar surface area (TPSA) is 46.9 Å². The molecule has 2 aromatic rings. The van der Waals surface area contributed by atoms with Crippen molar-refractivity contribution in [2.24, 2.45) is 0 Å². The molecule has 3 rings (SSSR count). The lowest BCUT2D eigenvalue weighted by Crippen LogP contribution is -2.42. The molecule has 0 saturated carbocycles. The van der Waals surface area contributed by atoms with Crippen molar-refractivity contribution in [2.75, 3.05) is 0 Å². The molecular formula is C14H17N3OS. The fourth-order valence-electron chi connectivity index (χ4n) is 2.48. The van der Waals surface area contributed by atoms with E-state index in [-0.39, 0.29) is 17.9 Å². The Balaban J connectivity index is 1.62. The second kappa shape index (κ2) is 5.17. The van der Waals surface area contributed by atoms with Gasteiger partial charge in [-0.2, -0.15) is 11.3 Å². The predicted octanol–water partition coefficient (Wildman–Crippen LogP) is 2.18. The fourth-order valence-corrected chi connectivity index (χ4v) is 3.24. The number of aromatic nitrogens is 2. The van der Waals surface area contributed by atoms with Gasteiger partial charge in [-0.1, -0.05) is 0 Å². The summed E-state index contributed by atoms with van der Waals surface area (Å²) in [7, 11) is 0. The summed E-state index contributed by atoms with van der Waals surface area (Å²) in [6.07, 6.45) is 5.72. The first-order chi connectivity index (χ1) is 9.24. The lowest BCUT2D eigenvalue weighted by molar-refractivity contribution is -0.123. The van der Waals surface area contributed by atoms with Crippen LogP contribution in [0.5, 0.6) is 0 Å². The Hall–Kier alpha value is -1.62. The van der Waals surface area contributed by atoms with Gasteiger partial charge < -0.3 is 9.88 Å². The van der Waals surface area contributed by atoms with Crippen molar-refractivity contribution in [1.82, 2.24) is 14.9 Å². The van der Waals surface area contributed by atoms with E-state index < -0.39 is 0 Å². The third-order valence-electron chi connectivity index (χ3n) is 3.72. The van der Waals surface area contributed by atoms with Crippen molar-refractivity contribution >= 4 is 17.2 Å². The van der Waals surface area contributed by atoms with E-state index in [1.54, 1.807) is 11.3 Å². The van der Waals surface area contributed by atoms with Gasteiger partial charge in [-0.05, 0) is 35.7 Å². The number of carbonyl (C=O) groups excluding carboxylic acids is 1. The van der Waals surface area contributed by atoms with Crippen LogP contribution in [0.4, 0.5) is 0 Å². The number of nitrogens with one attached hydrogen (secondary N) is 1. The third kappa shape index (κ3) is 2.56. The molecule has 1 aliphatic heterocycles. The number of hydrogen-bond acceptors (Lipinski definition) is 3. The molecule has 0 fully saturated rings. The van der Waals surface area contributed by atoms with Gasteiger partial charge in [0.05, 0.1) is 5.92 Å². The quantitative estimate of drug-likeness (QED) is 0.933. The molecule has 0 aliphatic carbocycles. The first-order valence-electron chi connectivity index (χ1n) is 6.56. The average molecular weight is 275 g/mol. The van der Waals surface area contributed by atoms with E-state index in [0.717, 1.165) is 30.8 Å². The van der Waals surface area contributed by atoms with Crippen LogP contribution in [0.2, 0.25) is 0 Å². The van der Waals surface area contributed by atoms with Gasteiger partial charge in [0.15, 0.2) is 0 Å². The SMILES string of the molecule is C[C@H](C(=O)N[C@H]1CCc2nccn2C1)c1ccsc1. The second-order valence-electron chi connectivity index (χ2n) is 5.02. The van der Waals surface area contributed by atoms with Gasteiger partial charge in [-0.3, -0.25) is 4.79 Å². The van der Waals surface area contributed by atoms with Crippen LogP contribution in [0.15, 0.2) is 29.2 Å². The summed E-state index contributed by atoms with van der Waals surface area (Å²) in [5.41, 5.74) is 1.10. The predicted molar refractivity (Wildman–Crippen MR) is 75.2 cm³/mol. The highest BCUT2D eigenvalue weighted by atomic mass is 32.1. The van der Waals surface area contributed by atoms with Crippen molar-refractivity contribution in [3.8, 4) is 0 Å². The summed E-state index contributed by atoms with van der Waals surface area (Å²) in [6.45, 7) is 2.79. The number of amides is 1. The molecule has 5 heteroatoms. The summed E-state index contributed by atoms with van der Waals surface area (Å²) in [4.78, 5) is 16.5. The van der Waals surface area contributed by atoms with Gasteiger partial charge in [0.2, 0.25) is 5.91 Å². The van der Waals surface area contributed by atoms with Gasteiger partial charge in [0.25, 0.3) is 0 Å². The van der Waals surface area contributed by atoms with Crippen LogP contribution < -0.4 is 5.32 Å². The molecule has 0 radical (unpaired) electrons. The zero-order valence-electron chi connectivity index (χ0n) is 10.9. The Bertz CT molecular complexity index is 561. The standard InChI is InChI=1S/C14H17N3OS/c1-10(11-4-7-19-9-11)14(18)16-12-2-3-13-15-5-6-17(13)8-12/h4-7,9-10,12H,2-3,8H2,1H3,(H,16,18)/t10-,12-/m0/s1. The average Bonchev–Trinajstić information content (AvgIpc) is 3.08. The lowest BCUT2D eigenvalue weighted by Gasteiger charge is -2.26. The normalized spacial score (nSPS) is 19.7. The number of thiophene rings is 1. The van der Waals surface area contributed by atoms with Crippen LogP contribution in [0, 0.1) is 0 Å². The van der Waals surface area contributed by atoms with Crippen molar-refractivity contribution < 1.29 is 4.79 Å². The molecule has 0 saturated heterocycles. The third-order valence-corrected chi connectivity index (χ3v) is 4.42. The van der Waals surface area contributed by atoms with E-state index in [1.807, 2.05) is 36.1 Å². The molecule has 2 atom stereocenters. The highest BCUT2D eigenvalue weighted by Crippen LogP contribution is 2.19. The molecule has 4 nitrogen and oxygen atoms in total. The minimum absolute atomic E-state index is 0.0737. The molecule has 0 spiro atoms. The van der Waals surface area contributed by atoms with Crippen molar-refractivity contribution in [2.45, 2.75) is 38.3 Å². The van der Waals surface area contributed by atoms with Gasteiger partial charge in [0, 0.05) is 31.4 Å². The number of hydrogen-bond donors (Lipinski definition) is 1. The van der Waals surface area contributed by atoms with Crippen molar-refractivity contribution in [1.29, 1.82) is 0 Å². The van der Waals surface area contributed by atoms with Crippen LogP contribution >= 0.6 is 11.3 Å². The van der Waals surface area contributed by atoms with Gasteiger partial charge >= 0.3 is 0 Å². The van der Waals surface area contributed by atoms with Gasteiger partial charge in [-0.25, -0.2) is 4.98 Å². The van der Waals surface area contributed by atoms with E-state index in [2.05, 4.69) is 14.9 Å². The van der Waals surface area contributed by atoms with Gasteiger partial charge in [-0.15, -0.1) is 0 Å². The molecule has 1 aliphatic rings. The maximum atomic E-state index is 12.2. The summed E-state index contributed by atoms with van der Waals surface area (Å²) in [6, 6.07) is 2.24. The number of nitrogens with zero attached hydrogens (tertiary/aromatic N) is 2. The molecule has 0 bridgehead atoms. The van der Waals surface area contributed by atoms with Crippen LogP contribution in [0.1, 0.15) is 30.7 Å². The summed E-state index contributed by atoms with van der Waals surface area (Å²) < 4.78 is 2.13. The zero-order valence-corrected chi connectivity index (χ0v) is 11.7. The monoisotopic (exact) mass is 275 g/mol. The summed E-state index contributed by atoms with van der Waals surface area (Å²) in [5.74, 6) is 1.17. The minimum Gasteiger partial charge on any atom is -0.351 e. The Kier molecular flexibility index (Phi) is 3.38. The van der Waals surface area contributed by atoms with Gasteiger partial charge in [0.1, 0.15) is 5.82 Å². The second-order valence-corrected chi connectivity index (χ2v) is 5.80. The highest BCUT2D eigenvalue weighted by molar-refractivity contribution is 7.08. The first-order valence-corrected chi connectivity index (χ1v) is 7.51. The molecule has 0 unspecified atom stereocenters. The van der Waals surface area contributed by atoms with E-state index in [1.165, 1.54) is 0 Å². The molecule has 1 N–H and O–H groups in total. The number of rotatable bonds is 3. The number of carbonyl (C=O) groups is 1. The van der Waals surface area contributed by atoms with E-state index in [9.17, 15) is 4.79 Å². The molecule has 3 heterocycles. The lowest BCUT2D eigenvalue weighted by atomic mass is 10.0. The Morgan fingerprint density at radius 3 is 3.32 bits per heavy atom. The Labute approximate surface area is 116 Å². The van der Waals surface area contributed by atoms with E-state index in [4.69, 9.17) is 0 Å². The number of fused-ring (bicyclic) bond motifs is 1. The largest absolute Gasteiger partial charge is 0.351 e. The Morgan fingerprint density at radius 2 is 2.53 bits per heavy atom. The maximum absolute atomic E-state index is 12.2. The van der Waals surface area contributed by atoms with Crippen LogP contribution in [0.25, 0.3) is 0 Å². The molecule has 2 aromatic heterocycles. The van der Waals surface area contributed by atoms with Crippen LogP contribution in [-0.2, 0) is 17.8 Å². The molecule has 19 heavy (non-hydrogen) atoms. The first kappa shape index (κ1) is 12.4. The molecule has 0 aromatic carbocycles. The van der Waals surface area contributed by atoms with Crippen LogP contribution in [0.3, 0.4) is 0 Å². The molecule has 1 amide bonds. The smallest absolute Gasteiger partial charge is 0.227 e. The number of aryl methyl sites for hydroxylation is 1. The molecule has 100 valence electrons. The minimum atomic E-state index is -0.0737. The zero-order chi connectivity index (χ0) is 13.2. The molecular weight excluding hydrogens is 258 g/mol.